The summed E-state index contributed by atoms with van der Waals surface area (Å²) in [5, 5.41) is 10.7. The van der Waals surface area contributed by atoms with Crippen molar-refractivity contribution >= 4 is 5.69 Å². The maximum Gasteiger partial charge on any atom is 0.269 e. The minimum Gasteiger partial charge on any atom is -0.457 e. The SMILES string of the molecule is Cc1cc([N+](=O)[O-])ccc1Oc1ccc([C@H](C)N)cc1. The molecule has 0 saturated carbocycles. The third-order valence-electron chi connectivity index (χ3n) is 3.00. The van der Waals surface area contributed by atoms with Gasteiger partial charge in [0.2, 0.25) is 0 Å². The van der Waals surface area contributed by atoms with Crippen molar-refractivity contribution in [3.63, 3.8) is 0 Å². The van der Waals surface area contributed by atoms with E-state index in [1.54, 1.807) is 13.0 Å². The number of non-ortho nitro benzene ring substituents is 1. The lowest BCUT2D eigenvalue weighted by Gasteiger charge is -2.10. The van der Waals surface area contributed by atoms with Gasteiger partial charge in [-0.15, -0.1) is 0 Å². The maximum absolute atomic E-state index is 10.7. The topological polar surface area (TPSA) is 78.4 Å². The molecule has 0 spiro atoms. The third kappa shape index (κ3) is 3.13. The summed E-state index contributed by atoms with van der Waals surface area (Å²) in [6.07, 6.45) is 0. The van der Waals surface area contributed by atoms with E-state index in [2.05, 4.69) is 0 Å². The number of rotatable bonds is 4. The molecule has 0 unspecified atom stereocenters. The molecule has 0 radical (unpaired) electrons. The van der Waals surface area contributed by atoms with Crippen molar-refractivity contribution < 1.29 is 9.66 Å². The number of hydrogen-bond donors (Lipinski definition) is 1. The summed E-state index contributed by atoms with van der Waals surface area (Å²) in [7, 11) is 0. The predicted octanol–water partition coefficient (Wildman–Crippen LogP) is 3.72. The lowest BCUT2D eigenvalue weighted by molar-refractivity contribution is -0.384. The van der Waals surface area contributed by atoms with Crippen molar-refractivity contribution in [1.82, 2.24) is 0 Å². The monoisotopic (exact) mass is 272 g/mol. The highest BCUT2D eigenvalue weighted by Crippen LogP contribution is 2.28. The minimum atomic E-state index is -0.422. The second-order valence-corrected chi connectivity index (χ2v) is 4.67. The number of ether oxygens (including phenoxy) is 1. The van der Waals surface area contributed by atoms with Gasteiger partial charge < -0.3 is 10.5 Å². The Bertz CT molecular complexity index is 622. The van der Waals surface area contributed by atoms with E-state index < -0.39 is 4.92 Å². The molecule has 0 aliphatic heterocycles. The normalized spacial score (nSPS) is 11.9. The second kappa shape index (κ2) is 5.71. The van der Waals surface area contributed by atoms with Gasteiger partial charge in [-0.2, -0.15) is 0 Å². The van der Waals surface area contributed by atoms with E-state index in [9.17, 15) is 10.1 Å². The quantitative estimate of drug-likeness (QED) is 0.679. The van der Waals surface area contributed by atoms with E-state index in [1.807, 2.05) is 31.2 Å². The van der Waals surface area contributed by atoms with Crippen molar-refractivity contribution in [2.24, 2.45) is 5.73 Å². The number of nitrogens with two attached hydrogens (primary N) is 1. The van der Waals surface area contributed by atoms with E-state index >= 15 is 0 Å². The molecule has 2 rings (SSSR count). The molecule has 2 N–H and O–H groups in total. The molecule has 20 heavy (non-hydrogen) atoms. The zero-order valence-corrected chi connectivity index (χ0v) is 11.4. The second-order valence-electron chi connectivity index (χ2n) is 4.67. The molecule has 0 saturated heterocycles. The van der Waals surface area contributed by atoms with Gasteiger partial charge in [-0.1, -0.05) is 12.1 Å². The number of nitro benzene ring substituents is 1. The largest absolute Gasteiger partial charge is 0.457 e. The summed E-state index contributed by atoms with van der Waals surface area (Å²) in [6, 6.07) is 12.0. The van der Waals surface area contributed by atoms with E-state index in [0.717, 1.165) is 11.1 Å². The van der Waals surface area contributed by atoms with Crippen molar-refractivity contribution in [3.8, 4) is 11.5 Å². The van der Waals surface area contributed by atoms with E-state index in [-0.39, 0.29) is 11.7 Å². The highest BCUT2D eigenvalue weighted by atomic mass is 16.6. The van der Waals surface area contributed by atoms with E-state index in [4.69, 9.17) is 10.5 Å². The molecular weight excluding hydrogens is 256 g/mol. The van der Waals surface area contributed by atoms with Crippen LogP contribution in [0.15, 0.2) is 42.5 Å². The first-order valence-corrected chi connectivity index (χ1v) is 6.26. The van der Waals surface area contributed by atoms with Crippen molar-refractivity contribution in [1.29, 1.82) is 0 Å². The van der Waals surface area contributed by atoms with Crippen molar-refractivity contribution in [2.45, 2.75) is 19.9 Å². The van der Waals surface area contributed by atoms with Gasteiger partial charge in [-0.05, 0) is 43.2 Å². The maximum atomic E-state index is 10.7. The number of aryl methyl sites for hydroxylation is 1. The Morgan fingerprint density at radius 3 is 2.35 bits per heavy atom. The van der Waals surface area contributed by atoms with Gasteiger partial charge in [0.15, 0.2) is 0 Å². The summed E-state index contributed by atoms with van der Waals surface area (Å²) in [5.74, 6) is 1.27. The van der Waals surface area contributed by atoms with Crippen LogP contribution in [0, 0.1) is 17.0 Å². The first kappa shape index (κ1) is 14.0. The number of hydrogen-bond acceptors (Lipinski definition) is 4. The number of nitro groups is 1. The Morgan fingerprint density at radius 2 is 1.85 bits per heavy atom. The third-order valence-corrected chi connectivity index (χ3v) is 3.00. The van der Waals surface area contributed by atoms with E-state index in [0.29, 0.717) is 11.5 Å². The van der Waals surface area contributed by atoms with Gasteiger partial charge >= 0.3 is 0 Å². The van der Waals surface area contributed by atoms with Crippen LogP contribution in [0.1, 0.15) is 24.1 Å². The zero-order valence-electron chi connectivity index (χ0n) is 11.4. The van der Waals surface area contributed by atoms with Crippen LogP contribution in [-0.4, -0.2) is 4.92 Å². The summed E-state index contributed by atoms with van der Waals surface area (Å²) in [5.41, 5.74) is 7.58. The molecule has 0 aliphatic rings. The first-order valence-electron chi connectivity index (χ1n) is 6.26. The number of benzene rings is 2. The van der Waals surface area contributed by atoms with Gasteiger partial charge in [-0.25, -0.2) is 0 Å². The Morgan fingerprint density at radius 1 is 1.20 bits per heavy atom. The van der Waals surface area contributed by atoms with E-state index in [1.165, 1.54) is 12.1 Å². The average Bonchev–Trinajstić information content (AvgIpc) is 2.41. The predicted molar refractivity (Wildman–Crippen MR) is 77.0 cm³/mol. The molecule has 0 aliphatic carbocycles. The highest BCUT2D eigenvalue weighted by molar-refractivity contribution is 5.45. The molecule has 2 aromatic rings. The molecule has 5 heteroatoms. The Balaban J connectivity index is 2.19. The van der Waals surface area contributed by atoms with Crippen LogP contribution in [0.25, 0.3) is 0 Å². The van der Waals surface area contributed by atoms with Crippen LogP contribution in [0.2, 0.25) is 0 Å². The van der Waals surface area contributed by atoms with Crippen LogP contribution < -0.4 is 10.5 Å². The Kier molecular flexibility index (Phi) is 4.00. The fraction of sp³-hybridized carbons (Fsp3) is 0.200. The number of nitrogens with zero attached hydrogens (tertiary/aromatic N) is 1. The lowest BCUT2D eigenvalue weighted by Crippen LogP contribution is -2.04. The van der Waals surface area contributed by atoms with Crippen LogP contribution in [0.5, 0.6) is 11.5 Å². The van der Waals surface area contributed by atoms with Gasteiger partial charge in [0.25, 0.3) is 5.69 Å². The summed E-state index contributed by atoms with van der Waals surface area (Å²) >= 11 is 0. The molecule has 0 heterocycles. The molecule has 0 aromatic heterocycles. The molecule has 104 valence electrons. The molecular formula is C15H16N2O3. The summed E-state index contributed by atoms with van der Waals surface area (Å²) < 4.78 is 5.72. The Labute approximate surface area is 117 Å². The highest BCUT2D eigenvalue weighted by Gasteiger charge is 2.09. The molecule has 0 amide bonds. The smallest absolute Gasteiger partial charge is 0.269 e. The summed E-state index contributed by atoms with van der Waals surface area (Å²) in [6.45, 7) is 3.69. The molecule has 0 fully saturated rings. The van der Waals surface area contributed by atoms with Crippen LogP contribution >= 0.6 is 0 Å². The van der Waals surface area contributed by atoms with Gasteiger partial charge in [0.05, 0.1) is 4.92 Å². The van der Waals surface area contributed by atoms with Gasteiger partial charge in [0.1, 0.15) is 11.5 Å². The van der Waals surface area contributed by atoms with Crippen LogP contribution in [0.4, 0.5) is 5.69 Å². The summed E-state index contributed by atoms with van der Waals surface area (Å²) in [4.78, 5) is 10.3. The molecule has 5 nitrogen and oxygen atoms in total. The van der Waals surface area contributed by atoms with Crippen LogP contribution in [0.3, 0.4) is 0 Å². The molecule has 0 bridgehead atoms. The minimum absolute atomic E-state index is 0.0230. The zero-order chi connectivity index (χ0) is 14.7. The first-order chi connectivity index (χ1) is 9.47. The molecule has 1 atom stereocenters. The lowest BCUT2D eigenvalue weighted by atomic mass is 10.1. The van der Waals surface area contributed by atoms with Crippen molar-refractivity contribution in [2.75, 3.05) is 0 Å². The molecule has 2 aromatic carbocycles. The average molecular weight is 272 g/mol. The van der Waals surface area contributed by atoms with Crippen LogP contribution in [-0.2, 0) is 0 Å². The van der Waals surface area contributed by atoms with Gasteiger partial charge in [-0.3, -0.25) is 10.1 Å². The fourth-order valence-corrected chi connectivity index (χ4v) is 1.83. The van der Waals surface area contributed by atoms with Gasteiger partial charge in [0, 0.05) is 18.2 Å². The van der Waals surface area contributed by atoms with Crippen molar-refractivity contribution in [3.05, 3.63) is 63.7 Å². The fourth-order valence-electron chi connectivity index (χ4n) is 1.83. The Hall–Kier alpha value is -2.40. The standard InChI is InChI=1S/C15H16N2O3/c1-10-9-13(17(18)19)5-8-15(10)20-14-6-3-12(4-7-14)11(2)16/h3-9,11H,16H2,1-2H3/t11-/m0/s1.